The second-order valence-corrected chi connectivity index (χ2v) is 5.29. The minimum Gasteiger partial charge on any atom is -0.475 e. The van der Waals surface area contributed by atoms with Crippen LogP contribution in [0, 0.1) is 10.1 Å². The van der Waals surface area contributed by atoms with E-state index in [1.54, 1.807) is 0 Å². The molecule has 1 aromatic heterocycles. The van der Waals surface area contributed by atoms with Crippen molar-refractivity contribution in [1.82, 2.24) is 15.2 Å². The molecule has 0 aliphatic carbocycles. The summed E-state index contributed by atoms with van der Waals surface area (Å²) in [4.78, 5) is 22.2. The van der Waals surface area contributed by atoms with Gasteiger partial charge in [-0.1, -0.05) is 12.1 Å². The van der Waals surface area contributed by atoms with E-state index in [0.29, 0.717) is 5.56 Å². The second-order valence-electron chi connectivity index (χ2n) is 5.29. The molecule has 9 nitrogen and oxygen atoms in total. The number of hydrogen-bond acceptors (Lipinski definition) is 6. The Kier molecular flexibility index (Phi) is 5.78. The highest BCUT2D eigenvalue weighted by atomic mass is 19.4. The summed E-state index contributed by atoms with van der Waals surface area (Å²) in [6, 6.07) is 3.23. The molecule has 1 N–H and O–H groups in total. The molecule has 12 heteroatoms. The van der Waals surface area contributed by atoms with Crippen LogP contribution in [0.3, 0.4) is 0 Å². The minimum absolute atomic E-state index is 0.243. The Morgan fingerprint density at radius 2 is 2.04 bits per heavy atom. The van der Waals surface area contributed by atoms with Crippen molar-refractivity contribution >= 4 is 17.8 Å². The summed E-state index contributed by atoms with van der Waals surface area (Å²) < 4.78 is 43.3. The van der Waals surface area contributed by atoms with Crippen LogP contribution in [0.4, 0.5) is 18.9 Å². The lowest BCUT2D eigenvalue weighted by atomic mass is 10.1. The van der Waals surface area contributed by atoms with Gasteiger partial charge in [0.25, 0.3) is 5.91 Å². The zero-order valence-corrected chi connectivity index (χ0v) is 14.1. The number of nitrogens with zero attached hydrogens (tertiary/aromatic N) is 4. The fraction of sp³-hybridized carbons (Fsp3) is 0.267. The highest BCUT2D eigenvalue weighted by Crippen LogP contribution is 2.29. The van der Waals surface area contributed by atoms with Crippen molar-refractivity contribution in [2.24, 2.45) is 5.10 Å². The van der Waals surface area contributed by atoms with Crippen LogP contribution in [0.1, 0.15) is 24.1 Å². The van der Waals surface area contributed by atoms with Gasteiger partial charge in [-0.05, 0) is 24.6 Å². The number of benzene rings is 1. The number of amides is 1. The lowest BCUT2D eigenvalue weighted by Crippen LogP contribution is -2.27. The van der Waals surface area contributed by atoms with Gasteiger partial charge in [-0.15, -0.1) is 5.10 Å². The van der Waals surface area contributed by atoms with Crippen molar-refractivity contribution in [3.8, 4) is 5.88 Å². The monoisotopic (exact) mass is 385 g/mol. The zero-order chi connectivity index (χ0) is 20.2. The standard InChI is InChI=1S/C15H14F3N5O4/c1-9(22-8-12(23(25)26)14(21-22)27-2)13(24)20-19-7-10-3-5-11(6-4-10)15(16,17)18/h3-9H,1-2H3,(H,20,24)/b19-7+. The number of nitrogens with one attached hydrogen (secondary N) is 1. The molecule has 144 valence electrons. The van der Waals surface area contributed by atoms with Crippen LogP contribution in [-0.2, 0) is 11.0 Å². The molecule has 0 bridgehead atoms. The maximum absolute atomic E-state index is 12.5. The van der Waals surface area contributed by atoms with Crippen molar-refractivity contribution in [2.75, 3.05) is 7.11 Å². The van der Waals surface area contributed by atoms with Gasteiger partial charge in [0.2, 0.25) is 0 Å². The predicted octanol–water partition coefficient (Wildman–Crippen LogP) is 2.53. The first-order valence-electron chi connectivity index (χ1n) is 7.41. The third-order valence-corrected chi connectivity index (χ3v) is 3.47. The number of carbonyl (C=O) groups is 1. The Hall–Kier alpha value is -3.44. The molecular formula is C15H14F3N5O4. The average molecular weight is 385 g/mol. The summed E-state index contributed by atoms with van der Waals surface area (Å²) in [7, 11) is 1.21. The maximum Gasteiger partial charge on any atom is 0.416 e. The molecule has 1 aromatic carbocycles. The van der Waals surface area contributed by atoms with Gasteiger partial charge in [0, 0.05) is 0 Å². The van der Waals surface area contributed by atoms with Gasteiger partial charge in [0.1, 0.15) is 12.2 Å². The molecule has 0 fully saturated rings. The highest BCUT2D eigenvalue weighted by molar-refractivity contribution is 5.83. The average Bonchev–Trinajstić information content (AvgIpc) is 3.05. The van der Waals surface area contributed by atoms with E-state index in [0.717, 1.165) is 29.2 Å². The Bertz CT molecular complexity index is 861. The molecule has 1 unspecified atom stereocenters. The fourth-order valence-electron chi connectivity index (χ4n) is 1.98. The lowest BCUT2D eigenvalue weighted by molar-refractivity contribution is -0.385. The van der Waals surface area contributed by atoms with Gasteiger partial charge in [-0.25, -0.2) is 10.1 Å². The van der Waals surface area contributed by atoms with Crippen LogP contribution in [0.2, 0.25) is 0 Å². The summed E-state index contributed by atoms with van der Waals surface area (Å²) in [6.45, 7) is 1.43. The summed E-state index contributed by atoms with van der Waals surface area (Å²) in [5.74, 6) is -0.883. The van der Waals surface area contributed by atoms with Gasteiger partial charge in [-0.3, -0.25) is 14.9 Å². The van der Waals surface area contributed by atoms with Gasteiger partial charge >= 0.3 is 17.7 Å². The molecule has 1 amide bonds. The van der Waals surface area contributed by atoms with Crippen LogP contribution in [-0.4, -0.2) is 33.9 Å². The molecule has 1 heterocycles. The number of carbonyl (C=O) groups excluding carboxylic acids is 1. The quantitative estimate of drug-likeness (QED) is 0.467. The van der Waals surface area contributed by atoms with Crippen molar-refractivity contribution < 1.29 is 27.6 Å². The van der Waals surface area contributed by atoms with Crippen molar-refractivity contribution in [3.63, 3.8) is 0 Å². The number of hydrazone groups is 1. The number of methoxy groups -OCH3 is 1. The van der Waals surface area contributed by atoms with Crippen LogP contribution >= 0.6 is 0 Å². The summed E-state index contributed by atoms with van der Waals surface area (Å²) in [6.07, 6.45) is -2.23. The van der Waals surface area contributed by atoms with E-state index in [4.69, 9.17) is 4.74 Å². The van der Waals surface area contributed by atoms with E-state index >= 15 is 0 Å². The Labute approximate surface area is 150 Å². The Morgan fingerprint density at radius 1 is 1.41 bits per heavy atom. The van der Waals surface area contributed by atoms with Crippen molar-refractivity contribution in [1.29, 1.82) is 0 Å². The predicted molar refractivity (Wildman–Crippen MR) is 87.3 cm³/mol. The largest absolute Gasteiger partial charge is 0.475 e. The molecule has 0 saturated carbocycles. The van der Waals surface area contributed by atoms with E-state index in [1.807, 2.05) is 0 Å². The second kappa shape index (κ2) is 7.85. The summed E-state index contributed by atoms with van der Waals surface area (Å²) in [5, 5.41) is 18.3. The molecule has 2 aromatic rings. The normalized spacial score (nSPS) is 12.8. The fourth-order valence-corrected chi connectivity index (χ4v) is 1.98. The van der Waals surface area contributed by atoms with Crippen molar-refractivity contribution in [3.05, 3.63) is 51.7 Å². The highest BCUT2D eigenvalue weighted by Gasteiger charge is 2.29. The zero-order valence-electron chi connectivity index (χ0n) is 14.1. The number of hydrogen-bond donors (Lipinski definition) is 1. The van der Waals surface area contributed by atoms with Crippen LogP contribution < -0.4 is 10.2 Å². The summed E-state index contributed by atoms with van der Waals surface area (Å²) >= 11 is 0. The van der Waals surface area contributed by atoms with Gasteiger partial charge in [-0.2, -0.15) is 18.3 Å². The molecule has 0 aliphatic heterocycles. The molecule has 0 saturated heterocycles. The third-order valence-electron chi connectivity index (χ3n) is 3.47. The van der Waals surface area contributed by atoms with E-state index in [2.05, 4.69) is 15.6 Å². The van der Waals surface area contributed by atoms with E-state index in [-0.39, 0.29) is 5.88 Å². The first-order valence-corrected chi connectivity index (χ1v) is 7.41. The first-order chi connectivity index (χ1) is 12.6. The van der Waals surface area contributed by atoms with E-state index < -0.39 is 34.3 Å². The molecule has 27 heavy (non-hydrogen) atoms. The number of alkyl halides is 3. The van der Waals surface area contributed by atoms with Gasteiger partial charge < -0.3 is 4.74 Å². The van der Waals surface area contributed by atoms with Crippen LogP contribution in [0.25, 0.3) is 0 Å². The first kappa shape index (κ1) is 19.9. The number of rotatable bonds is 6. The molecule has 2 rings (SSSR count). The molecule has 0 aliphatic rings. The summed E-state index contributed by atoms with van der Waals surface area (Å²) in [5.41, 5.74) is 1.33. The van der Waals surface area contributed by atoms with Crippen LogP contribution in [0.5, 0.6) is 5.88 Å². The lowest BCUT2D eigenvalue weighted by Gasteiger charge is -2.09. The third kappa shape index (κ3) is 4.80. The Balaban J connectivity index is 2.02. The Morgan fingerprint density at radius 3 is 2.52 bits per heavy atom. The maximum atomic E-state index is 12.5. The molecular weight excluding hydrogens is 371 g/mol. The van der Waals surface area contributed by atoms with Crippen molar-refractivity contribution in [2.45, 2.75) is 19.1 Å². The number of aromatic nitrogens is 2. The SMILES string of the molecule is COc1nn(C(C)C(=O)N/N=C/c2ccc(C(F)(F)F)cc2)cc1[N+](=O)[O-]. The smallest absolute Gasteiger partial charge is 0.416 e. The molecule has 1 atom stereocenters. The topological polar surface area (TPSA) is 112 Å². The molecule has 0 radical (unpaired) electrons. The van der Waals surface area contributed by atoms with Crippen LogP contribution in [0.15, 0.2) is 35.6 Å². The minimum atomic E-state index is -4.44. The molecule has 0 spiro atoms. The van der Waals surface area contributed by atoms with E-state index in [1.165, 1.54) is 26.2 Å². The number of ether oxygens (including phenoxy) is 1. The van der Waals surface area contributed by atoms with Gasteiger partial charge in [0.05, 0.1) is 23.8 Å². The number of nitro groups is 1. The van der Waals surface area contributed by atoms with Gasteiger partial charge in [0.15, 0.2) is 0 Å². The number of halogens is 3. The van der Waals surface area contributed by atoms with E-state index in [9.17, 15) is 28.1 Å².